The molecule has 0 radical (unpaired) electrons. The lowest BCUT2D eigenvalue weighted by Gasteiger charge is -2.30. The molecule has 102 valence electrons. The maximum absolute atomic E-state index is 8.93. The highest BCUT2D eigenvalue weighted by Crippen LogP contribution is 2.20. The zero-order valence-electron chi connectivity index (χ0n) is 10.6. The highest BCUT2D eigenvalue weighted by Gasteiger charge is 2.26. The Morgan fingerprint density at radius 3 is 3.17 bits per heavy atom. The normalized spacial score (nSPS) is 23.2. The van der Waals surface area contributed by atoms with Crippen LogP contribution in [0.15, 0.2) is 4.52 Å². The fourth-order valence-corrected chi connectivity index (χ4v) is 1.98. The van der Waals surface area contributed by atoms with Crippen LogP contribution in [0.3, 0.4) is 0 Å². The van der Waals surface area contributed by atoms with E-state index in [9.17, 15) is 0 Å². The Hall–Kier alpha value is -1.02. The number of nitrogens with two attached hydrogens (primary N) is 1. The van der Waals surface area contributed by atoms with Crippen molar-refractivity contribution in [3.05, 3.63) is 11.7 Å². The van der Waals surface area contributed by atoms with Crippen LogP contribution in [0, 0.1) is 0 Å². The number of aliphatic hydroxyl groups excluding tert-OH is 1. The Bertz CT molecular complexity index is 369. The van der Waals surface area contributed by atoms with E-state index >= 15 is 0 Å². The van der Waals surface area contributed by atoms with Gasteiger partial charge < -0.3 is 20.1 Å². The number of hydrogen-bond acceptors (Lipinski definition) is 7. The topological polar surface area (TPSA) is 97.6 Å². The van der Waals surface area contributed by atoms with Crippen molar-refractivity contribution in [3.63, 3.8) is 0 Å². The van der Waals surface area contributed by atoms with Crippen LogP contribution in [-0.2, 0) is 4.74 Å². The van der Waals surface area contributed by atoms with Crippen molar-refractivity contribution in [3.8, 4) is 0 Å². The average molecular weight is 256 g/mol. The molecule has 1 aliphatic heterocycles. The van der Waals surface area contributed by atoms with Gasteiger partial charge in [-0.3, -0.25) is 4.90 Å². The minimum absolute atomic E-state index is 0.173. The van der Waals surface area contributed by atoms with Gasteiger partial charge in [-0.1, -0.05) is 12.1 Å². The van der Waals surface area contributed by atoms with E-state index in [0.717, 1.165) is 26.1 Å². The second-order valence-corrected chi connectivity index (χ2v) is 4.44. The van der Waals surface area contributed by atoms with E-state index < -0.39 is 6.04 Å². The Morgan fingerprint density at radius 2 is 2.44 bits per heavy atom. The molecule has 1 saturated heterocycles. The maximum atomic E-state index is 8.93. The van der Waals surface area contributed by atoms with E-state index in [1.54, 1.807) is 0 Å². The fraction of sp³-hybridized carbons (Fsp3) is 0.818. The molecule has 2 heterocycles. The summed E-state index contributed by atoms with van der Waals surface area (Å²) in [6.45, 7) is 5.35. The van der Waals surface area contributed by atoms with Crippen LogP contribution in [0.4, 0.5) is 0 Å². The first-order valence-corrected chi connectivity index (χ1v) is 6.28. The number of nitrogens with zero attached hydrogens (tertiary/aromatic N) is 3. The Kier molecular flexibility index (Phi) is 4.65. The molecule has 2 unspecified atom stereocenters. The average Bonchev–Trinajstić information content (AvgIpc) is 2.88. The molecule has 1 aliphatic rings. The molecule has 0 spiro atoms. The lowest BCUT2D eigenvalue weighted by Crippen LogP contribution is -2.39. The molecule has 2 atom stereocenters. The molecule has 0 aromatic carbocycles. The minimum Gasteiger partial charge on any atom is -0.394 e. The first-order chi connectivity index (χ1) is 8.74. The number of rotatable bonds is 5. The van der Waals surface area contributed by atoms with Gasteiger partial charge in [0.1, 0.15) is 12.1 Å². The number of aliphatic hydroxyl groups is 1. The fourth-order valence-electron chi connectivity index (χ4n) is 1.98. The van der Waals surface area contributed by atoms with Gasteiger partial charge >= 0.3 is 0 Å². The number of morpholine rings is 1. The van der Waals surface area contributed by atoms with E-state index in [2.05, 4.69) is 22.0 Å². The highest BCUT2D eigenvalue weighted by molar-refractivity contribution is 4.97. The molecule has 7 heteroatoms. The van der Waals surface area contributed by atoms with Gasteiger partial charge in [0.2, 0.25) is 11.7 Å². The SMILES string of the molecule is CCCN1CCOC(c2noc(C(N)CO)n2)C1. The smallest absolute Gasteiger partial charge is 0.246 e. The van der Waals surface area contributed by atoms with Gasteiger partial charge in [-0.25, -0.2) is 0 Å². The first kappa shape index (κ1) is 13.4. The van der Waals surface area contributed by atoms with E-state index in [-0.39, 0.29) is 18.6 Å². The summed E-state index contributed by atoms with van der Waals surface area (Å²) in [6, 6.07) is -0.624. The molecule has 18 heavy (non-hydrogen) atoms. The van der Waals surface area contributed by atoms with Crippen LogP contribution in [0.2, 0.25) is 0 Å². The third kappa shape index (κ3) is 3.05. The number of hydrogen-bond donors (Lipinski definition) is 2. The van der Waals surface area contributed by atoms with E-state index in [4.69, 9.17) is 20.1 Å². The third-order valence-corrected chi connectivity index (χ3v) is 2.95. The molecule has 0 aliphatic carbocycles. The summed E-state index contributed by atoms with van der Waals surface area (Å²) < 4.78 is 10.7. The summed E-state index contributed by atoms with van der Waals surface area (Å²) >= 11 is 0. The van der Waals surface area contributed by atoms with Crippen LogP contribution in [0.1, 0.15) is 37.2 Å². The second-order valence-electron chi connectivity index (χ2n) is 4.44. The zero-order chi connectivity index (χ0) is 13.0. The molecule has 1 aromatic rings. The third-order valence-electron chi connectivity index (χ3n) is 2.95. The van der Waals surface area contributed by atoms with Crippen molar-refractivity contribution in [1.82, 2.24) is 15.0 Å². The van der Waals surface area contributed by atoms with Crippen molar-refractivity contribution >= 4 is 0 Å². The molecule has 1 fully saturated rings. The highest BCUT2D eigenvalue weighted by atomic mass is 16.5. The predicted molar refractivity (Wildman–Crippen MR) is 63.7 cm³/mol. The number of aromatic nitrogens is 2. The minimum atomic E-state index is -0.624. The van der Waals surface area contributed by atoms with Crippen molar-refractivity contribution in [2.45, 2.75) is 25.5 Å². The summed E-state index contributed by atoms with van der Waals surface area (Å²) in [5.41, 5.74) is 5.61. The van der Waals surface area contributed by atoms with Gasteiger partial charge in [-0.15, -0.1) is 0 Å². The summed E-state index contributed by atoms with van der Waals surface area (Å²) in [4.78, 5) is 6.50. The quantitative estimate of drug-likeness (QED) is 0.755. The summed E-state index contributed by atoms with van der Waals surface area (Å²) in [5.74, 6) is 0.762. The molecule has 0 amide bonds. The zero-order valence-corrected chi connectivity index (χ0v) is 10.6. The van der Waals surface area contributed by atoms with Gasteiger partial charge in [0.15, 0.2) is 0 Å². The molecule has 0 bridgehead atoms. The Balaban J connectivity index is 2.00. The van der Waals surface area contributed by atoms with Crippen LogP contribution >= 0.6 is 0 Å². The Morgan fingerprint density at radius 1 is 1.61 bits per heavy atom. The summed E-state index contributed by atoms with van der Waals surface area (Å²) in [7, 11) is 0. The van der Waals surface area contributed by atoms with Crippen molar-refractivity contribution in [2.24, 2.45) is 5.73 Å². The lowest BCUT2D eigenvalue weighted by molar-refractivity contribution is -0.0350. The molecule has 3 N–H and O–H groups in total. The predicted octanol–water partition coefficient (Wildman–Crippen LogP) is -0.155. The molecule has 1 aromatic heterocycles. The van der Waals surface area contributed by atoms with Gasteiger partial charge in [0.05, 0.1) is 13.2 Å². The van der Waals surface area contributed by atoms with Crippen LogP contribution in [-0.4, -0.2) is 53.0 Å². The van der Waals surface area contributed by atoms with Crippen LogP contribution in [0.25, 0.3) is 0 Å². The van der Waals surface area contributed by atoms with Gasteiger partial charge in [0.25, 0.3) is 0 Å². The molecular formula is C11H20N4O3. The summed E-state index contributed by atoms with van der Waals surface area (Å²) in [5, 5.41) is 12.8. The Labute approximate surface area is 106 Å². The van der Waals surface area contributed by atoms with Crippen molar-refractivity contribution < 1.29 is 14.4 Å². The van der Waals surface area contributed by atoms with Crippen LogP contribution < -0.4 is 5.73 Å². The monoisotopic (exact) mass is 256 g/mol. The van der Waals surface area contributed by atoms with Crippen LogP contribution in [0.5, 0.6) is 0 Å². The number of ether oxygens (including phenoxy) is 1. The lowest BCUT2D eigenvalue weighted by atomic mass is 10.2. The van der Waals surface area contributed by atoms with E-state index in [1.807, 2.05) is 0 Å². The van der Waals surface area contributed by atoms with Gasteiger partial charge in [-0.2, -0.15) is 4.98 Å². The second kappa shape index (κ2) is 6.24. The van der Waals surface area contributed by atoms with E-state index in [1.165, 1.54) is 0 Å². The molecule has 0 saturated carbocycles. The van der Waals surface area contributed by atoms with Gasteiger partial charge in [-0.05, 0) is 13.0 Å². The standard InChI is InChI=1S/C11H20N4O3/c1-2-3-15-4-5-17-9(6-15)10-13-11(18-14-10)8(12)7-16/h8-9,16H,2-7,12H2,1H3. The first-order valence-electron chi connectivity index (χ1n) is 6.28. The summed E-state index contributed by atoms with van der Waals surface area (Å²) in [6.07, 6.45) is 0.938. The molecular weight excluding hydrogens is 236 g/mol. The maximum Gasteiger partial charge on any atom is 0.246 e. The van der Waals surface area contributed by atoms with Gasteiger partial charge in [0, 0.05) is 13.1 Å². The largest absolute Gasteiger partial charge is 0.394 e. The van der Waals surface area contributed by atoms with Crippen molar-refractivity contribution in [2.75, 3.05) is 32.8 Å². The van der Waals surface area contributed by atoms with E-state index in [0.29, 0.717) is 12.4 Å². The molecule has 7 nitrogen and oxygen atoms in total. The van der Waals surface area contributed by atoms with Crippen molar-refractivity contribution in [1.29, 1.82) is 0 Å². The molecule has 2 rings (SSSR count).